The lowest BCUT2D eigenvalue weighted by Crippen LogP contribution is -2.54. The van der Waals surface area contributed by atoms with Gasteiger partial charge in [-0.2, -0.15) is 0 Å². The van der Waals surface area contributed by atoms with Gasteiger partial charge in [0.25, 0.3) is 0 Å². The van der Waals surface area contributed by atoms with Crippen LogP contribution < -0.4 is 10.6 Å². The van der Waals surface area contributed by atoms with E-state index in [2.05, 4.69) is 46.9 Å². The van der Waals surface area contributed by atoms with Crippen molar-refractivity contribution in [2.24, 2.45) is 4.99 Å². The quantitative estimate of drug-likeness (QED) is 0.362. The van der Waals surface area contributed by atoms with E-state index < -0.39 is 0 Å². The van der Waals surface area contributed by atoms with Gasteiger partial charge in [-0.15, -0.1) is 35.3 Å². The molecule has 0 amide bonds. The van der Waals surface area contributed by atoms with E-state index in [1.807, 2.05) is 0 Å². The molecule has 1 aromatic rings. The van der Waals surface area contributed by atoms with Crippen molar-refractivity contribution in [3.8, 4) is 0 Å². The topological polar surface area (TPSA) is 48.9 Å². The molecule has 2 aliphatic rings. The molecule has 0 saturated carbocycles. The molecule has 0 aromatic carbocycles. The molecule has 0 bridgehead atoms. The van der Waals surface area contributed by atoms with Gasteiger partial charge in [0, 0.05) is 30.2 Å². The van der Waals surface area contributed by atoms with Crippen LogP contribution in [0, 0.1) is 0 Å². The average molecular weight is 492 g/mol. The molecule has 5 nitrogen and oxygen atoms in total. The summed E-state index contributed by atoms with van der Waals surface area (Å²) in [6.45, 7) is 10.2. The molecule has 0 spiro atoms. The van der Waals surface area contributed by atoms with E-state index >= 15 is 0 Å². The number of likely N-dealkylation sites (tertiary alicyclic amines) is 1. The second-order valence-corrected chi connectivity index (χ2v) is 8.09. The summed E-state index contributed by atoms with van der Waals surface area (Å²) in [5, 5.41) is 9.11. The van der Waals surface area contributed by atoms with E-state index in [0.29, 0.717) is 0 Å². The monoisotopic (exact) mass is 492 g/mol. The van der Waals surface area contributed by atoms with Crippen LogP contribution in [0.15, 0.2) is 22.5 Å². The van der Waals surface area contributed by atoms with E-state index in [1.54, 1.807) is 11.3 Å². The van der Waals surface area contributed by atoms with Crippen LogP contribution in [0.2, 0.25) is 0 Å². The van der Waals surface area contributed by atoms with Crippen LogP contribution in [-0.4, -0.2) is 55.8 Å². The molecule has 2 N–H and O–H groups in total. The van der Waals surface area contributed by atoms with Gasteiger partial charge in [0.05, 0.1) is 12.6 Å². The predicted molar refractivity (Wildman–Crippen MR) is 121 cm³/mol. The first kappa shape index (κ1) is 21.9. The lowest BCUT2D eigenvalue weighted by atomic mass is 9.88. The first-order valence-corrected chi connectivity index (χ1v) is 10.5. The molecule has 2 saturated heterocycles. The number of rotatable bonds is 6. The third-order valence-electron chi connectivity index (χ3n) is 5.40. The lowest BCUT2D eigenvalue weighted by molar-refractivity contribution is -0.0139. The number of nitrogens with one attached hydrogen (secondary N) is 2. The number of hydrogen-bond acceptors (Lipinski definition) is 4. The number of thiophene rings is 1. The highest BCUT2D eigenvalue weighted by molar-refractivity contribution is 14.0. The first-order valence-electron chi connectivity index (χ1n) is 9.64. The van der Waals surface area contributed by atoms with E-state index in [-0.39, 0.29) is 35.6 Å². The maximum Gasteiger partial charge on any atom is 0.191 e. The summed E-state index contributed by atoms with van der Waals surface area (Å²) in [4.78, 5) is 9.02. The van der Waals surface area contributed by atoms with Crippen LogP contribution in [-0.2, 0) is 4.74 Å². The van der Waals surface area contributed by atoms with Gasteiger partial charge in [-0.25, -0.2) is 0 Å². The highest BCUT2D eigenvalue weighted by atomic mass is 127. The molecule has 148 valence electrons. The molecule has 0 aliphatic carbocycles. The standard InChI is InChI=1S/C19H32N4OS.HI/c1-3-20-18(22-16(2)17-7-6-14-25-17)21-15-19(8-12-24-13-9-19)23-10-4-5-11-23;/h6-7,14,16H,3-5,8-13,15H2,1-2H3,(H2,20,21,22);1H. The molecule has 1 atom stereocenters. The Balaban J connectivity index is 0.00000243. The predicted octanol–water partition coefficient (Wildman–Crippen LogP) is 3.63. The number of aliphatic imine (C=N–C) groups is 1. The van der Waals surface area contributed by atoms with E-state index in [9.17, 15) is 0 Å². The van der Waals surface area contributed by atoms with Crippen LogP contribution >= 0.6 is 35.3 Å². The Bertz CT molecular complexity index is 540. The van der Waals surface area contributed by atoms with Crippen molar-refractivity contribution in [1.29, 1.82) is 0 Å². The summed E-state index contributed by atoms with van der Waals surface area (Å²) in [5.41, 5.74) is 0.184. The highest BCUT2D eigenvalue weighted by Crippen LogP contribution is 2.31. The summed E-state index contributed by atoms with van der Waals surface area (Å²) in [5.74, 6) is 0.925. The van der Waals surface area contributed by atoms with E-state index in [4.69, 9.17) is 9.73 Å². The van der Waals surface area contributed by atoms with Crippen LogP contribution in [0.25, 0.3) is 0 Å². The summed E-state index contributed by atoms with van der Waals surface area (Å²) in [6, 6.07) is 4.55. The van der Waals surface area contributed by atoms with Crippen molar-refractivity contribution in [2.45, 2.75) is 51.1 Å². The fourth-order valence-corrected chi connectivity index (χ4v) is 4.61. The minimum atomic E-state index is 0. The van der Waals surface area contributed by atoms with E-state index in [1.165, 1.54) is 30.8 Å². The van der Waals surface area contributed by atoms with Gasteiger partial charge < -0.3 is 15.4 Å². The van der Waals surface area contributed by atoms with Gasteiger partial charge in [-0.05, 0) is 64.1 Å². The zero-order valence-corrected chi connectivity index (χ0v) is 19.1. The van der Waals surface area contributed by atoms with Crippen molar-refractivity contribution in [2.75, 3.05) is 39.4 Å². The Morgan fingerprint density at radius 2 is 2.08 bits per heavy atom. The molecule has 1 aromatic heterocycles. The molecule has 0 radical (unpaired) electrons. The molecule has 3 heterocycles. The Kier molecular flexibility index (Phi) is 9.12. The molecule has 3 rings (SSSR count). The summed E-state index contributed by atoms with van der Waals surface area (Å²) < 4.78 is 5.65. The summed E-state index contributed by atoms with van der Waals surface area (Å²) in [6.07, 6.45) is 4.83. The van der Waals surface area contributed by atoms with Crippen molar-refractivity contribution in [3.63, 3.8) is 0 Å². The number of halogens is 1. The van der Waals surface area contributed by atoms with Gasteiger partial charge in [0.2, 0.25) is 0 Å². The molecular weight excluding hydrogens is 459 g/mol. The van der Waals surface area contributed by atoms with Crippen molar-refractivity contribution < 1.29 is 4.74 Å². The van der Waals surface area contributed by atoms with Crippen molar-refractivity contribution >= 4 is 41.3 Å². The normalized spacial score (nSPS) is 21.8. The van der Waals surface area contributed by atoms with Crippen LogP contribution in [0.3, 0.4) is 0 Å². The molecular formula is C19H33IN4OS. The number of nitrogens with zero attached hydrogens (tertiary/aromatic N) is 2. The van der Waals surface area contributed by atoms with Crippen LogP contribution in [0.5, 0.6) is 0 Å². The SMILES string of the molecule is CCNC(=NCC1(N2CCCC2)CCOCC1)NC(C)c1cccs1.I. The molecule has 26 heavy (non-hydrogen) atoms. The zero-order chi connectivity index (χ0) is 17.5. The number of hydrogen-bond donors (Lipinski definition) is 2. The second kappa shape index (κ2) is 10.8. The Morgan fingerprint density at radius 1 is 1.35 bits per heavy atom. The first-order chi connectivity index (χ1) is 12.2. The average Bonchev–Trinajstić information content (AvgIpc) is 3.34. The number of guanidine groups is 1. The maximum absolute atomic E-state index is 5.65. The fraction of sp³-hybridized carbons (Fsp3) is 0.737. The highest BCUT2D eigenvalue weighted by Gasteiger charge is 2.39. The van der Waals surface area contributed by atoms with Gasteiger partial charge in [-0.3, -0.25) is 9.89 Å². The molecule has 7 heteroatoms. The third-order valence-corrected chi connectivity index (χ3v) is 6.45. The zero-order valence-electron chi connectivity index (χ0n) is 16.0. The molecule has 2 aliphatic heterocycles. The fourth-order valence-electron chi connectivity index (χ4n) is 3.88. The van der Waals surface area contributed by atoms with Gasteiger partial charge in [0.15, 0.2) is 5.96 Å². The Morgan fingerprint density at radius 3 is 2.69 bits per heavy atom. The lowest BCUT2D eigenvalue weighted by Gasteiger charge is -2.43. The van der Waals surface area contributed by atoms with Crippen molar-refractivity contribution in [3.05, 3.63) is 22.4 Å². The van der Waals surface area contributed by atoms with Crippen LogP contribution in [0.4, 0.5) is 0 Å². The summed E-state index contributed by atoms with van der Waals surface area (Å²) in [7, 11) is 0. The summed E-state index contributed by atoms with van der Waals surface area (Å²) >= 11 is 1.79. The minimum absolute atomic E-state index is 0. The minimum Gasteiger partial charge on any atom is -0.381 e. The van der Waals surface area contributed by atoms with Crippen LogP contribution in [0.1, 0.15) is 50.4 Å². The third kappa shape index (κ3) is 5.56. The number of ether oxygens (including phenoxy) is 1. The van der Waals surface area contributed by atoms with Gasteiger partial charge >= 0.3 is 0 Å². The Hall–Kier alpha value is -0.380. The van der Waals surface area contributed by atoms with Crippen molar-refractivity contribution in [1.82, 2.24) is 15.5 Å². The van der Waals surface area contributed by atoms with Gasteiger partial charge in [0.1, 0.15) is 0 Å². The van der Waals surface area contributed by atoms with Gasteiger partial charge in [-0.1, -0.05) is 6.07 Å². The largest absolute Gasteiger partial charge is 0.381 e. The molecule has 2 fully saturated rings. The second-order valence-electron chi connectivity index (χ2n) is 7.11. The Labute approximate surface area is 179 Å². The maximum atomic E-state index is 5.65. The smallest absolute Gasteiger partial charge is 0.191 e. The van der Waals surface area contributed by atoms with E-state index in [0.717, 1.165) is 45.1 Å². The molecule has 1 unspecified atom stereocenters.